The minimum atomic E-state index is -0.551. The number of nitrogens with one attached hydrogen (secondary N) is 2. The molecule has 1 heterocycles. The van der Waals surface area contributed by atoms with Crippen molar-refractivity contribution in [1.82, 2.24) is 15.5 Å². The van der Waals surface area contributed by atoms with Gasteiger partial charge in [-0.05, 0) is 56.9 Å². The summed E-state index contributed by atoms with van der Waals surface area (Å²) in [6.07, 6.45) is 6.15. The van der Waals surface area contributed by atoms with Crippen LogP contribution in [-0.2, 0) is 9.59 Å². The summed E-state index contributed by atoms with van der Waals surface area (Å²) in [5.74, 6) is 0.226. The van der Waals surface area contributed by atoms with Gasteiger partial charge in [-0.25, -0.2) is 0 Å². The Morgan fingerprint density at radius 1 is 1.07 bits per heavy atom. The van der Waals surface area contributed by atoms with Crippen LogP contribution >= 0.6 is 0 Å². The summed E-state index contributed by atoms with van der Waals surface area (Å²) in [6.45, 7) is 7.74. The summed E-state index contributed by atoms with van der Waals surface area (Å²) < 4.78 is 5.45. The second-order valence-electron chi connectivity index (χ2n) is 7.79. The van der Waals surface area contributed by atoms with Crippen molar-refractivity contribution in [1.29, 1.82) is 0 Å². The fourth-order valence-electron chi connectivity index (χ4n) is 3.40. The first kappa shape index (κ1) is 22.2. The monoisotopic (exact) mass is 389 g/mol. The van der Waals surface area contributed by atoms with Crippen LogP contribution in [0.1, 0.15) is 46.0 Å². The van der Waals surface area contributed by atoms with Gasteiger partial charge < -0.3 is 20.3 Å². The summed E-state index contributed by atoms with van der Waals surface area (Å²) in [6, 6.07) is 8.63. The highest BCUT2D eigenvalue weighted by Crippen LogP contribution is 2.10. The normalized spacial score (nSPS) is 16.2. The van der Waals surface area contributed by atoms with Crippen LogP contribution in [-0.4, -0.2) is 55.5 Å². The van der Waals surface area contributed by atoms with Crippen LogP contribution in [0.15, 0.2) is 30.3 Å². The van der Waals surface area contributed by atoms with Gasteiger partial charge in [0.2, 0.25) is 5.91 Å². The van der Waals surface area contributed by atoms with Crippen molar-refractivity contribution in [2.75, 3.05) is 32.8 Å². The number of rotatable bonds is 10. The number of amides is 2. The van der Waals surface area contributed by atoms with E-state index in [-0.39, 0.29) is 24.3 Å². The van der Waals surface area contributed by atoms with Gasteiger partial charge in [0.25, 0.3) is 5.91 Å². The van der Waals surface area contributed by atoms with Gasteiger partial charge in [-0.2, -0.15) is 0 Å². The lowest BCUT2D eigenvalue weighted by molar-refractivity contribution is -0.131. The smallest absolute Gasteiger partial charge is 0.258 e. The number of hydrogen-bond acceptors (Lipinski definition) is 4. The summed E-state index contributed by atoms with van der Waals surface area (Å²) in [7, 11) is 0. The molecule has 156 valence electrons. The molecular formula is C22H35N3O3. The molecule has 1 aromatic carbocycles. The van der Waals surface area contributed by atoms with E-state index in [0.717, 1.165) is 13.0 Å². The van der Waals surface area contributed by atoms with Gasteiger partial charge >= 0.3 is 0 Å². The fraction of sp³-hybridized carbons (Fsp3) is 0.636. The molecule has 6 heteroatoms. The Morgan fingerprint density at radius 3 is 2.39 bits per heavy atom. The van der Waals surface area contributed by atoms with E-state index in [1.54, 1.807) is 12.1 Å². The maximum Gasteiger partial charge on any atom is 0.258 e. The highest BCUT2D eigenvalue weighted by molar-refractivity contribution is 5.88. The molecule has 2 amide bonds. The maximum atomic E-state index is 12.5. The summed E-state index contributed by atoms with van der Waals surface area (Å²) >= 11 is 0. The molecule has 0 radical (unpaired) electrons. The standard InChI is InChI=1S/C22H35N3O3/c1-18(2)21(24-20(26)17-28-19-11-6-5-7-12-19)22(27)23-13-10-16-25-14-8-3-4-9-15-25/h5-7,11-12,18,21H,3-4,8-10,13-17H2,1-2H3,(H,23,27)(H,24,26). The topological polar surface area (TPSA) is 70.7 Å². The van der Waals surface area contributed by atoms with E-state index >= 15 is 0 Å². The van der Waals surface area contributed by atoms with E-state index in [1.807, 2.05) is 32.0 Å². The number of likely N-dealkylation sites (tertiary alicyclic amines) is 1. The molecule has 0 bridgehead atoms. The average molecular weight is 390 g/mol. The molecule has 1 aliphatic heterocycles. The summed E-state index contributed by atoms with van der Waals surface area (Å²) in [4.78, 5) is 27.2. The summed E-state index contributed by atoms with van der Waals surface area (Å²) in [5, 5.41) is 5.78. The predicted octanol–water partition coefficient (Wildman–Crippen LogP) is 2.59. The number of carbonyl (C=O) groups is 2. The SMILES string of the molecule is CC(C)C(NC(=O)COc1ccccc1)C(=O)NCCCN1CCCCCC1. The molecule has 1 aliphatic rings. The quantitative estimate of drug-likeness (QED) is 0.604. The molecule has 2 N–H and O–H groups in total. The third-order valence-electron chi connectivity index (χ3n) is 5.03. The molecule has 0 aromatic heterocycles. The van der Waals surface area contributed by atoms with Crippen molar-refractivity contribution in [3.63, 3.8) is 0 Å². The van der Waals surface area contributed by atoms with E-state index in [9.17, 15) is 9.59 Å². The van der Waals surface area contributed by atoms with E-state index in [0.29, 0.717) is 12.3 Å². The zero-order valence-electron chi connectivity index (χ0n) is 17.3. The zero-order chi connectivity index (χ0) is 20.2. The number of para-hydroxylation sites is 1. The van der Waals surface area contributed by atoms with Crippen molar-refractivity contribution in [3.8, 4) is 5.75 Å². The lowest BCUT2D eigenvalue weighted by Gasteiger charge is -2.23. The van der Waals surface area contributed by atoms with Crippen LogP contribution in [0, 0.1) is 5.92 Å². The lowest BCUT2D eigenvalue weighted by atomic mass is 10.0. The Balaban J connectivity index is 1.69. The Kier molecular flexibility index (Phi) is 9.83. The summed E-state index contributed by atoms with van der Waals surface area (Å²) in [5.41, 5.74) is 0. The molecule has 0 spiro atoms. The van der Waals surface area contributed by atoms with Crippen LogP contribution in [0.5, 0.6) is 5.75 Å². The van der Waals surface area contributed by atoms with Crippen molar-refractivity contribution < 1.29 is 14.3 Å². The predicted molar refractivity (Wildman–Crippen MR) is 111 cm³/mol. The molecule has 6 nitrogen and oxygen atoms in total. The van der Waals surface area contributed by atoms with E-state index in [1.165, 1.54) is 38.8 Å². The Labute approximate surface area is 169 Å². The van der Waals surface area contributed by atoms with Gasteiger partial charge in [0.05, 0.1) is 0 Å². The number of hydrogen-bond donors (Lipinski definition) is 2. The minimum Gasteiger partial charge on any atom is -0.484 e. The highest BCUT2D eigenvalue weighted by atomic mass is 16.5. The third-order valence-corrected chi connectivity index (χ3v) is 5.03. The highest BCUT2D eigenvalue weighted by Gasteiger charge is 2.24. The maximum absolute atomic E-state index is 12.5. The van der Waals surface area contributed by atoms with Gasteiger partial charge in [-0.15, -0.1) is 0 Å². The lowest BCUT2D eigenvalue weighted by Crippen LogP contribution is -2.51. The van der Waals surface area contributed by atoms with Crippen LogP contribution in [0.3, 0.4) is 0 Å². The molecule has 28 heavy (non-hydrogen) atoms. The third kappa shape index (κ3) is 8.30. The molecule has 1 saturated heterocycles. The average Bonchev–Trinajstić information content (AvgIpc) is 2.97. The molecule has 1 aromatic rings. The molecule has 1 atom stereocenters. The molecule has 0 saturated carbocycles. The van der Waals surface area contributed by atoms with Gasteiger partial charge in [0, 0.05) is 6.54 Å². The van der Waals surface area contributed by atoms with Crippen LogP contribution in [0.25, 0.3) is 0 Å². The molecule has 1 fully saturated rings. The number of ether oxygens (including phenoxy) is 1. The first-order valence-electron chi connectivity index (χ1n) is 10.5. The minimum absolute atomic E-state index is 0.00582. The number of benzene rings is 1. The second-order valence-corrected chi connectivity index (χ2v) is 7.79. The Bertz CT molecular complexity index is 584. The van der Waals surface area contributed by atoms with Crippen molar-refractivity contribution in [2.24, 2.45) is 5.92 Å². The van der Waals surface area contributed by atoms with Crippen molar-refractivity contribution >= 4 is 11.8 Å². The van der Waals surface area contributed by atoms with Crippen LogP contribution in [0.4, 0.5) is 0 Å². The second kappa shape index (κ2) is 12.4. The molecule has 1 unspecified atom stereocenters. The fourth-order valence-corrected chi connectivity index (χ4v) is 3.40. The van der Waals surface area contributed by atoms with E-state index in [4.69, 9.17) is 4.74 Å². The number of carbonyl (C=O) groups excluding carboxylic acids is 2. The van der Waals surface area contributed by atoms with Gasteiger partial charge in [-0.1, -0.05) is 44.9 Å². The Morgan fingerprint density at radius 2 is 1.75 bits per heavy atom. The van der Waals surface area contributed by atoms with Gasteiger partial charge in [0.15, 0.2) is 6.61 Å². The molecular weight excluding hydrogens is 354 g/mol. The molecule has 2 rings (SSSR count). The Hall–Kier alpha value is -2.08. The first-order chi connectivity index (χ1) is 13.6. The van der Waals surface area contributed by atoms with Gasteiger partial charge in [-0.3, -0.25) is 9.59 Å². The first-order valence-corrected chi connectivity index (χ1v) is 10.5. The van der Waals surface area contributed by atoms with Crippen LogP contribution < -0.4 is 15.4 Å². The van der Waals surface area contributed by atoms with Crippen LogP contribution in [0.2, 0.25) is 0 Å². The van der Waals surface area contributed by atoms with E-state index in [2.05, 4.69) is 15.5 Å². The van der Waals surface area contributed by atoms with Crippen molar-refractivity contribution in [2.45, 2.75) is 52.0 Å². The van der Waals surface area contributed by atoms with E-state index < -0.39 is 6.04 Å². The zero-order valence-corrected chi connectivity index (χ0v) is 17.3. The largest absolute Gasteiger partial charge is 0.484 e. The van der Waals surface area contributed by atoms with Gasteiger partial charge in [0.1, 0.15) is 11.8 Å². The molecule has 0 aliphatic carbocycles. The number of nitrogens with zero attached hydrogens (tertiary/aromatic N) is 1. The van der Waals surface area contributed by atoms with Crippen molar-refractivity contribution in [3.05, 3.63) is 30.3 Å².